The summed E-state index contributed by atoms with van der Waals surface area (Å²) in [5, 5.41) is 12.8. The predicted octanol–water partition coefficient (Wildman–Crippen LogP) is 5.76. The van der Waals surface area contributed by atoms with Crippen molar-refractivity contribution in [3.05, 3.63) is 128 Å². The van der Waals surface area contributed by atoms with Gasteiger partial charge in [-0.2, -0.15) is 27.1 Å². The fraction of sp³-hybridized carbons (Fsp3) is 0.222. The first-order valence-corrected chi connectivity index (χ1v) is 15.4. The van der Waals surface area contributed by atoms with Crippen molar-refractivity contribution in [3.8, 4) is 0 Å². The van der Waals surface area contributed by atoms with E-state index in [2.05, 4.69) is 15.3 Å². The van der Waals surface area contributed by atoms with Gasteiger partial charge in [-0.15, -0.1) is 5.69 Å². The minimum atomic E-state index is -1.36. The van der Waals surface area contributed by atoms with Crippen LogP contribution in [0.3, 0.4) is 0 Å². The zero-order chi connectivity index (χ0) is 31.5. The molecule has 0 aliphatic carbocycles. The molecule has 240 valence electrons. The fourth-order valence-electron chi connectivity index (χ4n) is 3.17. The number of rotatable bonds is 9. The Hall–Kier alpha value is -2.82. The topological polar surface area (TPSA) is 133 Å². The Morgan fingerprint density at radius 2 is 0.773 bits per heavy atom. The zero-order valence-electron chi connectivity index (χ0n) is 25.7. The molecule has 0 amide bonds. The molecule has 0 saturated heterocycles. The van der Waals surface area contributed by atoms with Crippen LogP contribution in [0.2, 0.25) is 0 Å². The number of nitrogens with one attached hydrogen (secondary N) is 1. The molecule has 0 fully saturated rings. The zero-order valence-corrected chi connectivity index (χ0v) is 29.5. The average molecular weight is 735 g/mol. The van der Waals surface area contributed by atoms with Gasteiger partial charge in [-0.25, -0.2) is 15.3 Å². The minimum Gasteiger partial charge on any atom is -0.699 e. The summed E-state index contributed by atoms with van der Waals surface area (Å²) in [6.07, 6.45) is 11.0. The van der Waals surface area contributed by atoms with Gasteiger partial charge in [0.05, 0.1) is 42.7 Å². The van der Waals surface area contributed by atoms with Crippen molar-refractivity contribution in [1.29, 1.82) is 0 Å². The normalized spacial score (nSPS) is 9.75. The Kier molecular flexibility index (Phi) is 25.9. The van der Waals surface area contributed by atoms with Crippen LogP contribution >= 0.6 is 17.2 Å². The standard InChI is InChI=1S/C9H10BN6.C6H6N.C6H6.2C3H10O3P.Ru/c1-4-11-14(7-1)10(15-8-2-5-12-15)16-9-3-6-13-16;7-6-4-2-1-3-5-6;1-2-4-6-5-3-1;2*1-4-7(5-2)6-3;/h1-10H;1-5,7H;1-6H;2*7H,1-3H3;/q2*-1;;2*+1;+2. The van der Waals surface area contributed by atoms with Gasteiger partial charge in [0.1, 0.15) is 0 Å². The summed E-state index contributed by atoms with van der Waals surface area (Å²) in [5.41, 5.74) is 7.57. The summed E-state index contributed by atoms with van der Waals surface area (Å²) in [6, 6.07) is 26.8. The van der Waals surface area contributed by atoms with E-state index in [1.807, 2.05) is 105 Å². The van der Waals surface area contributed by atoms with Crippen molar-refractivity contribution < 1.29 is 46.6 Å². The molecule has 17 heteroatoms. The molecule has 0 atom stereocenters. The third kappa shape index (κ3) is 18.1. The van der Waals surface area contributed by atoms with E-state index in [4.69, 9.17) is 32.9 Å². The number of hydrogen-bond acceptors (Lipinski definition) is 9. The summed E-state index contributed by atoms with van der Waals surface area (Å²) in [6.45, 7) is 0. The Bertz CT molecular complexity index is 1100. The average Bonchev–Trinajstić information content (AvgIpc) is 3.88. The number of hydrogen-bond donors (Lipinski definition) is 0. The van der Waals surface area contributed by atoms with Gasteiger partial charge in [0.25, 0.3) is 0 Å². The van der Waals surface area contributed by atoms with Gasteiger partial charge in [-0.3, -0.25) is 0 Å². The monoisotopic (exact) mass is 735 g/mol. The van der Waals surface area contributed by atoms with Gasteiger partial charge in [0, 0.05) is 18.6 Å². The van der Waals surface area contributed by atoms with Crippen molar-refractivity contribution in [2.75, 3.05) is 42.7 Å². The van der Waals surface area contributed by atoms with Crippen LogP contribution in [0.4, 0.5) is 5.69 Å². The molecule has 5 rings (SSSR count). The quantitative estimate of drug-likeness (QED) is 0.137. The largest absolute Gasteiger partial charge is 2.00 e. The number of nitrogens with zero attached hydrogens (tertiary/aromatic N) is 6. The Morgan fingerprint density at radius 3 is 0.932 bits per heavy atom. The molecular weight excluding hydrogens is 692 g/mol. The van der Waals surface area contributed by atoms with Crippen molar-refractivity contribution in [3.63, 3.8) is 0 Å². The first-order valence-electron chi connectivity index (χ1n) is 12.9. The van der Waals surface area contributed by atoms with Gasteiger partial charge in [-0.05, 0) is 36.8 Å². The Morgan fingerprint density at radius 1 is 0.500 bits per heavy atom. The van der Waals surface area contributed by atoms with Crippen LogP contribution in [0.25, 0.3) is 5.73 Å². The van der Waals surface area contributed by atoms with E-state index in [-0.39, 0.29) is 19.5 Å². The SMILES string of the molecule is CO[PH+](OC)OC.CO[PH+](OC)OC.[NH-]c1ccccc1.[Ru+2].c1ccccc1.c1cnn([BH-](n2cccn2)n2cccn2)c1. The van der Waals surface area contributed by atoms with Gasteiger partial charge in [0.2, 0.25) is 0 Å². The number of benzene rings is 2. The first-order chi connectivity index (χ1) is 21.0. The first kappa shape index (κ1) is 41.2. The molecule has 0 bridgehead atoms. The van der Waals surface area contributed by atoms with E-state index in [0.717, 1.165) is 0 Å². The van der Waals surface area contributed by atoms with Crippen LogP contribution < -0.4 is 0 Å². The molecule has 3 heterocycles. The maximum Gasteiger partial charge on any atom is 2.00 e. The third-order valence-corrected chi connectivity index (χ3v) is 6.99. The van der Waals surface area contributed by atoms with Gasteiger partial charge in [0.15, 0.2) is 0 Å². The Labute approximate surface area is 275 Å². The molecule has 44 heavy (non-hydrogen) atoms. The number of aromatic nitrogens is 6. The summed E-state index contributed by atoms with van der Waals surface area (Å²) >= 11 is 0. The van der Waals surface area contributed by atoms with Gasteiger partial charge < -0.3 is 19.5 Å². The van der Waals surface area contributed by atoms with E-state index >= 15 is 0 Å². The molecule has 5 aromatic rings. The van der Waals surface area contributed by atoms with Crippen molar-refractivity contribution in [2.24, 2.45) is 0 Å². The van der Waals surface area contributed by atoms with Crippen LogP contribution in [0, 0.1) is 0 Å². The summed E-state index contributed by atoms with van der Waals surface area (Å²) in [4.78, 5) is 0. The summed E-state index contributed by atoms with van der Waals surface area (Å²) < 4.78 is 33.9. The third-order valence-electron chi connectivity index (χ3n) is 4.99. The predicted molar refractivity (Wildman–Crippen MR) is 176 cm³/mol. The maximum absolute atomic E-state index is 7.00. The van der Waals surface area contributed by atoms with Crippen LogP contribution in [-0.4, -0.2) is 78.9 Å². The summed E-state index contributed by atoms with van der Waals surface area (Å²) in [5.74, 6) is 0. The molecule has 2 aromatic carbocycles. The van der Waals surface area contributed by atoms with Crippen LogP contribution in [0.1, 0.15) is 0 Å². The molecule has 0 radical (unpaired) electrons. The van der Waals surface area contributed by atoms with E-state index in [0.29, 0.717) is 5.69 Å². The molecule has 0 spiro atoms. The van der Waals surface area contributed by atoms with Gasteiger partial charge >= 0.3 is 43.8 Å². The van der Waals surface area contributed by atoms with Gasteiger partial charge in [-0.1, -0.05) is 66.7 Å². The molecule has 13 nitrogen and oxygen atoms in total. The van der Waals surface area contributed by atoms with Crippen LogP contribution in [-0.2, 0) is 46.6 Å². The van der Waals surface area contributed by atoms with E-state index in [9.17, 15) is 0 Å². The van der Waals surface area contributed by atoms with Crippen molar-refractivity contribution >= 4 is 30.0 Å². The van der Waals surface area contributed by atoms with Crippen molar-refractivity contribution in [2.45, 2.75) is 0 Å². The smallest absolute Gasteiger partial charge is 0.699 e. The second-order valence-corrected chi connectivity index (χ2v) is 11.3. The summed E-state index contributed by atoms with van der Waals surface area (Å²) in [7, 11) is 5.49. The second kappa shape index (κ2) is 27.7. The van der Waals surface area contributed by atoms with Crippen LogP contribution in [0.5, 0.6) is 0 Å². The van der Waals surface area contributed by atoms with E-state index in [1.165, 1.54) is 0 Å². The Balaban J connectivity index is 0.000000565. The van der Waals surface area contributed by atoms with E-state index < -0.39 is 24.3 Å². The fourth-order valence-corrected chi connectivity index (χ4v) is 4.17. The van der Waals surface area contributed by atoms with E-state index in [1.54, 1.807) is 73.4 Å². The maximum atomic E-state index is 7.00. The van der Waals surface area contributed by atoms with Crippen molar-refractivity contribution in [1.82, 2.24) is 29.1 Å². The molecular formula is C27H42BN7O6P2Ru+2. The molecule has 1 N–H and O–H groups in total. The molecule has 0 saturated carbocycles. The molecule has 3 aromatic heterocycles. The minimum absolute atomic E-state index is 0. The van der Waals surface area contributed by atoms with Crippen LogP contribution in [0.15, 0.2) is 122 Å². The molecule has 0 aliphatic rings. The molecule has 0 aliphatic heterocycles. The second-order valence-electron chi connectivity index (χ2n) is 7.81. The molecule has 0 unspecified atom stereocenters.